The van der Waals surface area contributed by atoms with Crippen molar-refractivity contribution in [3.05, 3.63) is 75.0 Å². The number of allylic oxidation sites excluding steroid dienone is 1. The van der Waals surface area contributed by atoms with Crippen molar-refractivity contribution in [3.8, 4) is 28.9 Å². The summed E-state index contributed by atoms with van der Waals surface area (Å²) < 4.78 is 16.4. The molecule has 0 saturated heterocycles. The summed E-state index contributed by atoms with van der Waals surface area (Å²) in [6.07, 6.45) is 1.60. The van der Waals surface area contributed by atoms with Gasteiger partial charge in [0, 0.05) is 17.7 Å². The molecule has 0 fully saturated rings. The lowest BCUT2D eigenvalue weighted by molar-refractivity contribution is -0.384. The van der Waals surface area contributed by atoms with Gasteiger partial charge in [-0.1, -0.05) is 11.6 Å². The van der Waals surface area contributed by atoms with Crippen LogP contribution in [-0.4, -0.2) is 11.7 Å². The summed E-state index contributed by atoms with van der Waals surface area (Å²) in [5.41, 5.74) is 1.47. The molecule has 1 aliphatic heterocycles. The maximum atomic E-state index is 10.8. The second kappa shape index (κ2) is 7.10. The Morgan fingerprint density at radius 1 is 1.14 bits per heavy atom. The number of nitro benzene ring substituents is 1. The highest BCUT2D eigenvalue weighted by molar-refractivity contribution is 6.33. The summed E-state index contributed by atoms with van der Waals surface area (Å²) >= 11 is 6.14. The van der Waals surface area contributed by atoms with Crippen LogP contribution >= 0.6 is 11.6 Å². The van der Waals surface area contributed by atoms with E-state index in [0.717, 1.165) is 0 Å². The van der Waals surface area contributed by atoms with Gasteiger partial charge in [-0.05, 0) is 48.0 Å². The van der Waals surface area contributed by atoms with Gasteiger partial charge in [0.05, 0.1) is 21.6 Å². The summed E-state index contributed by atoms with van der Waals surface area (Å²) in [6, 6.07) is 14.9. The molecular weight excluding hydrogens is 384 g/mol. The monoisotopic (exact) mass is 394 g/mol. The van der Waals surface area contributed by atoms with Crippen LogP contribution in [0.2, 0.25) is 5.02 Å². The van der Waals surface area contributed by atoms with Crippen LogP contribution in [0.3, 0.4) is 0 Å². The van der Waals surface area contributed by atoms with Gasteiger partial charge in [0.25, 0.3) is 5.69 Å². The number of halogens is 1. The summed E-state index contributed by atoms with van der Waals surface area (Å²) in [5.74, 6) is 2.10. The molecule has 138 valence electrons. The number of hydrogen-bond acceptors (Lipinski definition) is 6. The van der Waals surface area contributed by atoms with Gasteiger partial charge in [-0.25, -0.2) is 0 Å². The third-order valence-electron chi connectivity index (χ3n) is 4.15. The zero-order valence-electron chi connectivity index (χ0n) is 14.2. The van der Waals surface area contributed by atoms with Crippen molar-refractivity contribution in [2.24, 2.45) is 0 Å². The number of nitrogens with zero attached hydrogens (tertiary/aromatic N) is 2. The van der Waals surface area contributed by atoms with Crippen molar-refractivity contribution in [2.75, 3.05) is 6.79 Å². The highest BCUT2D eigenvalue weighted by Gasteiger charge is 2.16. The van der Waals surface area contributed by atoms with Crippen molar-refractivity contribution in [1.82, 2.24) is 0 Å². The summed E-state index contributed by atoms with van der Waals surface area (Å²) in [6.45, 7) is 0.155. The van der Waals surface area contributed by atoms with Gasteiger partial charge in [-0.3, -0.25) is 10.1 Å². The standard InChI is InChI=1S/C20H11ClN2O5/c21-17-9-14(23(24)25)2-4-16(17)18-6-3-15(28-18)7-13(10-22)12-1-5-19-20(8-12)27-11-26-19/h1-9H,11H2/b13-7-. The molecule has 0 atom stereocenters. The first kappa shape index (κ1) is 17.6. The summed E-state index contributed by atoms with van der Waals surface area (Å²) in [5, 5.41) is 20.6. The number of nitro groups is 1. The molecule has 0 unspecified atom stereocenters. The number of ether oxygens (including phenoxy) is 2. The molecule has 0 saturated carbocycles. The van der Waals surface area contributed by atoms with E-state index in [1.807, 2.05) is 0 Å². The number of rotatable bonds is 4. The molecule has 1 aromatic heterocycles. The third-order valence-corrected chi connectivity index (χ3v) is 4.46. The molecule has 8 heteroatoms. The normalized spacial score (nSPS) is 12.6. The molecule has 0 radical (unpaired) electrons. The topological polar surface area (TPSA) is 98.5 Å². The third kappa shape index (κ3) is 3.29. The van der Waals surface area contributed by atoms with Crippen molar-refractivity contribution >= 4 is 28.9 Å². The summed E-state index contributed by atoms with van der Waals surface area (Å²) in [7, 11) is 0. The van der Waals surface area contributed by atoms with E-state index in [1.165, 1.54) is 18.2 Å². The molecule has 4 rings (SSSR count). The zero-order chi connectivity index (χ0) is 19.7. The Balaban J connectivity index is 1.65. The van der Waals surface area contributed by atoms with Crippen LogP contribution in [0.15, 0.2) is 52.9 Å². The maximum absolute atomic E-state index is 10.8. The number of furan rings is 1. The minimum Gasteiger partial charge on any atom is -0.457 e. The molecule has 0 aliphatic carbocycles. The van der Waals surface area contributed by atoms with E-state index in [2.05, 4.69) is 6.07 Å². The van der Waals surface area contributed by atoms with Crippen LogP contribution in [0.25, 0.3) is 23.0 Å². The predicted octanol–water partition coefficient (Wildman–Crippen LogP) is 5.30. The van der Waals surface area contributed by atoms with Crippen molar-refractivity contribution < 1.29 is 18.8 Å². The van der Waals surface area contributed by atoms with Gasteiger partial charge >= 0.3 is 0 Å². The lowest BCUT2D eigenvalue weighted by Gasteiger charge is -2.02. The van der Waals surface area contributed by atoms with Crippen molar-refractivity contribution in [1.29, 1.82) is 5.26 Å². The van der Waals surface area contributed by atoms with E-state index in [1.54, 1.807) is 36.4 Å². The second-order valence-corrected chi connectivity index (χ2v) is 6.27. The van der Waals surface area contributed by atoms with E-state index < -0.39 is 4.92 Å². The number of nitriles is 1. The largest absolute Gasteiger partial charge is 0.457 e. The lowest BCUT2D eigenvalue weighted by Crippen LogP contribution is -1.92. The molecule has 7 nitrogen and oxygen atoms in total. The quantitative estimate of drug-likeness (QED) is 0.338. The molecule has 28 heavy (non-hydrogen) atoms. The SMILES string of the molecule is N#C/C(=C/c1ccc(-c2ccc([N+](=O)[O-])cc2Cl)o1)c1ccc2c(c1)OCO2. The first-order valence-corrected chi connectivity index (χ1v) is 8.49. The van der Waals surface area contributed by atoms with Gasteiger partial charge in [0.1, 0.15) is 11.5 Å². The fraction of sp³-hybridized carbons (Fsp3) is 0.0500. The Labute approximate surface area is 164 Å². The smallest absolute Gasteiger partial charge is 0.270 e. The number of benzene rings is 2. The Kier molecular flexibility index (Phi) is 4.47. The fourth-order valence-corrected chi connectivity index (χ4v) is 3.05. The molecule has 2 aromatic carbocycles. The lowest BCUT2D eigenvalue weighted by atomic mass is 10.1. The van der Waals surface area contributed by atoms with Gasteiger partial charge < -0.3 is 13.9 Å². The van der Waals surface area contributed by atoms with Crippen molar-refractivity contribution in [2.45, 2.75) is 0 Å². The van der Waals surface area contributed by atoms with Crippen LogP contribution in [0.5, 0.6) is 11.5 Å². The highest BCUT2D eigenvalue weighted by Crippen LogP contribution is 2.36. The number of fused-ring (bicyclic) bond motifs is 1. The van der Waals surface area contributed by atoms with Crippen LogP contribution < -0.4 is 9.47 Å². The molecule has 2 heterocycles. The van der Waals surface area contributed by atoms with Gasteiger partial charge in [0.2, 0.25) is 6.79 Å². The molecule has 0 amide bonds. The Bertz CT molecular complexity index is 1160. The molecule has 0 N–H and O–H groups in total. The van der Waals surface area contributed by atoms with Gasteiger partial charge in [0.15, 0.2) is 11.5 Å². The molecular formula is C20H11ClN2O5. The molecule has 0 bridgehead atoms. The maximum Gasteiger partial charge on any atom is 0.270 e. The first-order valence-electron chi connectivity index (χ1n) is 8.11. The predicted molar refractivity (Wildman–Crippen MR) is 102 cm³/mol. The van der Waals surface area contributed by atoms with Gasteiger partial charge in [-0.2, -0.15) is 5.26 Å². The Hall–Kier alpha value is -3.76. The second-order valence-electron chi connectivity index (χ2n) is 5.86. The Morgan fingerprint density at radius 2 is 1.96 bits per heavy atom. The van der Waals surface area contributed by atoms with Crippen LogP contribution in [0.4, 0.5) is 5.69 Å². The number of non-ortho nitro benzene ring substituents is 1. The van der Waals surface area contributed by atoms with E-state index >= 15 is 0 Å². The fourth-order valence-electron chi connectivity index (χ4n) is 2.78. The van der Waals surface area contributed by atoms with Crippen molar-refractivity contribution in [3.63, 3.8) is 0 Å². The van der Waals surface area contributed by atoms with Crippen LogP contribution in [-0.2, 0) is 0 Å². The van der Waals surface area contributed by atoms with E-state index in [0.29, 0.717) is 39.7 Å². The Morgan fingerprint density at radius 3 is 2.71 bits per heavy atom. The zero-order valence-corrected chi connectivity index (χ0v) is 15.0. The molecule has 3 aromatic rings. The molecule has 1 aliphatic rings. The van der Waals surface area contributed by atoms with Crippen LogP contribution in [0, 0.1) is 21.4 Å². The summed E-state index contributed by atoms with van der Waals surface area (Å²) in [4.78, 5) is 10.3. The average Bonchev–Trinajstić information content (AvgIpc) is 3.34. The van der Waals surface area contributed by atoms with E-state index in [-0.39, 0.29) is 17.5 Å². The minimum absolute atomic E-state index is 0.102. The van der Waals surface area contributed by atoms with Crippen LogP contribution in [0.1, 0.15) is 11.3 Å². The van der Waals surface area contributed by atoms with Gasteiger partial charge in [-0.15, -0.1) is 0 Å². The van der Waals surface area contributed by atoms with E-state index in [4.69, 9.17) is 25.5 Å². The first-order chi connectivity index (χ1) is 13.5. The minimum atomic E-state index is -0.517. The highest BCUT2D eigenvalue weighted by atomic mass is 35.5. The average molecular weight is 395 g/mol. The molecule has 0 spiro atoms. The van der Waals surface area contributed by atoms with E-state index in [9.17, 15) is 15.4 Å². The number of hydrogen-bond donors (Lipinski definition) is 0.